The van der Waals surface area contributed by atoms with Crippen molar-refractivity contribution in [3.05, 3.63) is 47.2 Å². The molecule has 18 heavy (non-hydrogen) atoms. The Morgan fingerprint density at radius 2 is 2.33 bits per heavy atom. The van der Waals surface area contributed by atoms with Gasteiger partial charge in [0.1, 0.15) is 0 Å². The third kappa shape index (κ3) is 3.51. The van der Waals surface area contributed by atoms with Crippen LogP contribution >= 0.6 is 23.4 Å². The molecule has 0 amide bonds. The first-order valence-corrected chi connectivity index (χ1v) is 7.21. The summed E-state index contributed by atoms with van der Waals surface area (Å²) < 4.78 is 1.89. The minimum atomic E-state index is -0.00529. The van der Waals surface area contributed by atoms with Crippen LogP contribution in [-0.4, -0.2) is 15.5 Å². The number of thioether (sulfide) groups is 1. The molecule has 2 N–H and O–H groups in total. The van der Waals surface area contributed by atoms with E-state index in [1.807, 2.05) is 41.3 Å². The van der Waals surface area contributed by atoms with Crippen molar-refractivity contribution in [2.24, 2.45) is 5.73 Å². The van der Waals surface area contributed by atoms with Crippen LogP contribution in [0.5, 0.6) is 0 Å². The van der Waals surface area contributed by atoms with E-state index in [0.29, 0.717) is 0 Å². The van der Waals surface area contributed by atoms with E-state index in [1.165, 1.54) is 0 Å². The molecule has 0 bridgehead atoms. The second-order valence-corrected chi connectivity index (χ2v) is 5.53. The molecular formula is C13H16ClN3S. The van der Waals surface area contributed by atoms with E-state index < -0.39 is 0 Å². The lowest BCUT2D eigenvalue weighted by Gasteiger charge is -2.09. The molecule has 0 aliphatic heterocycles. The highest BCUT2D eigenvalue weighted by Gasteiger charge is 2.09. The number of benzene rings is 1. The standard InChI is InChI=1S/C13H16ClN3S/c1-2-17-8-10(7-16-17)13(15)9-18-12-5-3-4-11(14)6-12/h3-8,13H,2,9,15H2,1H3. The zero-order chi connectivity index (χ0) is 13.0. The normalized spacial score (nSPS) is 12.6. The van der Waals surface area contributed by atoms with Crippen LogP contribution in [0.3, 0.4) is 0 Å². The maximum Gasteiger partial charge on any atom is 0.0537 e. The van der Waals surface area contributed by atoms with Crippen molar-refractivity contribution >= 4 is 23.4 Å². The molecule has 0 saturated carbocycles. The van der Waals surface area contributed by atoms with Gasteiger partial charge < -0.3 is 5.73 Å². The second kappa shape index (κ2) is 6.27. The Morgan fingerprint density at radius 1 is 1.50 bits per heavy atom. The second-order valence-electron chi connectivity index (χ2n) is 4.00. The minimum Gasteiger partial charge on any atom is -0.323 e. The third-order valence-electron chi connectivity index (χ3n) is 2.63. The van der Waals surface area contributed by atoms with Crippen LogP contribution in [0.2, 0.25) is 5.02 Å². The number of rotatable bonds is 5. The highest BCUT2D eigenvalue weighted by Crippen LogP contribution is 2.25. The molecule has 0 radical (unpaired) electrons. The Bertz CT molecular complexity index is 512. The van der Waals surface area contributed by atoms with Gasteiger partial charge in [0.05, 0.1) is 6.20 Å². The summed E-state index contributed by atoms with van der Waals surface area (Å²) in [5, 5.41) is 4.99. The third-order valence-corrected chi connectivity index (χ3v) is 3.98. The molecule has 5 heteroatoms. The van der Waals surface area contributed by atoms with Crippen molar-refractivity contribution in [3.63, 3.8) is 0 Å². The first-order valence-electron chi connectivity index (χ1n) is 5.85. The molecule has 0 aliphatic carbocycles. The van der Waals surface area contributed by atoms with Crippen LogP contribution in [0.4, 0.5) is 0 Å². The van der Waals surface area contributed by atoms with Crippen LogP contribution in [0.1, 0.15) is 18.5 Å². The lowest BCUT2D eigenvalue weighted by atomic mass is 10.2. The van der Waals surface area contributed by atoms with E-state index in [-0.39, 0.29) is 6.04 Å². The van der Waals surface area contributed by atoms with Gasteiger partial charge >= 0.3 is 0 Å². The fraction of sp³-hybridized carbons (Fsp3) is 0.308. The van der Waals surface area contributed by atoms with E-state index in [0.717, 1.165) is 27.8 Å². The number of hydrogen-bond acceptors (Lipinski definition) is 3. The quantitative estimate of drug-likeness (QED) is 0.855. The summed E-state index contributed by atoms with van der Waals surface area (Å²) in [6, 6.07) is 7.81. The van der Waals surface area contributed by atoms with Crippen molar-refractivity contribution < 1.29 is 0 Å². The molecule has 0 aliphatic rings. The molecule has 0 fully saturated rings. The molecule has 2 rings (SSSR count). The number of halogens is 1. The average molecular weight is 282 g/mol. The van der Waals surface area contributed by atoms with Gasteiger partial charge in [0, 0.05) is 40.0 Å². The molecule has 2 aromatic rings. The van der Waals surface area contributed by atoms with Gasteiger partial charge in [0.25, 0.3) is 0 Å². The Balaban J connectivity index is 1.93. The predicted octanol–water partition coefficient (Wildman–Crippen LogP) is 3.35. The van der Waals surface area contributed by atoms with Gasteiger partial charge in [-0.05, 0) is 25.1 Å². The van der Waals surface area contributed by atoms with Crippen molar-refractivity contribution in [2.45, 2.75) is 24.4 Å². The number of nitrogens with two attached hydrogens (primary N) is 1. The van der Waals surface area contributed by atoms with E-state index in [4.69, 9.17) is 17.3 Å². The van der Waals surface area contributed by atoms with E-state index >= 15 is 0 Å². The summed E-state index contributed by atoms with van der Waals surface area (Å²) >= 11 is 7.65. The molecule has 0 spiro atoms. The van der Waals surface area contributed by atoms with Crippen LogP contribution in [-0.2, 0) is 6.54 Å². The molecule has 1 aromatic carbocycles. The summed E-state index contributed by atoms with van der Waals surface area (Å²) in [4.78, 5) is 1.14. The van der Waals surface area contributed by atoms with Gasteiger partial charge in [-0.1, -0.05) is 17.7 Å². The van der Waals surface area contributed by atoms with Crippen LogP contribution < -0.4 is 5.73 Å². The molecular weight excluding hydrogens is 266 g/mol. The number of hydrogen-bond donors (Lipinski definition) is 1. The van der Waals surface area contributed by atoms with Gasteiger partial charge in [-0.15, -0.1) is 11.8 Å². The molecule has 0 saturated heterocycles. The van der Waals surface area contributed by atoms with Crippen molar-refractivity contribution in [2.75, 3.05) is 5.75 Å². The van der Waals surface area contributed by atoms with Gasteiger partial charge in [-0.25, -0.2) is 0 Å². The Kier molecular flexibility index (Phi) is 4.69. The first-order chi connectivity index (χ1) is 8.69. The van der Waals surface area contributed by atoms with Gasteiger partial charge in [-0.2, -0.15) is 5.10 Å². The zero-order valence-electron chi connectivity index (χ0n) is 10.2. The number of aryl methyl sites for hydroxylation is 1. The Morgan fingerprint density at radius 3 is 3.00 bits per heavy atom. The molecule has 1 unspecified atom stereocenters. The lowest BCUT2D eigenvalue weighted by molar-refractivity contribution is 0.658. The van der Waals surface area contributed by atoms with Gasteiger partial charge in [0.15, 0.2) is 0 Å². The summed E-state index contributed by atoms with van der Waals surface area (Å²) in [6.07, 6.45) is 3.84. The number of nitrogens with zero attached hydrogens (tertiary/aromatic N) is 2. The predicted molar refractivity (Wildman–Crippen MR) is 77.0 cm³/mol. The average Bonchev–Trinajstić information content (AvgIpc) is 2.85. The highest BCUT2D eigenvalue weighted by atomic mass is 35.5. The van der Waals surface area contributed by atoms with Crippen molar-refractivity contribution in [1.82, 2.24) is 9.78 Å². The van der Waals surface area contributed by atoms with Crippen LogP contribution in [0.25, 0.3) is 0 Å². The summed E-state index contributed by atoms with van der Waals surface area (Å²) in [5.74, 6) is 0.815. The lowest BCUT2D eigenvalue weighted by Crippen LogP contribution is -2.12. The summed E-state index contributed by atoms with van der Waals surface area (Å²) in [7, 11) is 0. The Labute approximate surface area is 116 Å². The van der Waals surface area contributed by atoms with Crippen LogP contribution in [0, 0.1) is 0 Å². The van der Waals surface area contributed by atoms with E-state index in [1.54, 1.807) is 11.8 Å². The molecule has 1 heterocycles. The smallest absolute Gasteiger partial charge is 0.0537 e. The molecule has 3 nitrogen and oxygen atoms in total. The van der Waals surface area contributed by atoms with Crippen molar-refractivity contribution in [3.8, 4) is 0 Å². The first kappa shape index (κ1) is 13.5. The summed E-state index contributed by atoms with van der Waals surface area (Å²) in [6.45, 7) is 2.93. The van der Waals surface area contributed by atoms with Gasteiger partial charge in [-0.3, -0.25) is 4.68 Å². The monoisotopic (exact) mass is 281 g/mol. The van der Waals surface area contributed by atoms with Crippen molar-refractivity contribution in [1.29, 1.82) is 0 Å². The zero-order valence-corrected chi connectivity index (χ0v) is 11.8. The molecule has 1 aromatic heterocycles. The SMILES string of the molecule is CCn1cc(C(N)CSc2cccc(Cl)c2)cn1. The molecule has 96 valence electrons. The highest BCUT2D eigenvalue weighted by molar-refractivity contribution is 7.99. The van der Waals surface area contributed by atoms with Gasteiger partial charge in [0.2, 0.25) is 0 Å². The number of aromatic nitrogens is 2. The Hall–Kier alpha value is -0.970. The maximum atomic E-state index is 6.14. The molecule has 1 atom stereocenters. The minimum absolute atomic E-state index is 0.00529. The largest absolute Gasteiger partial charge is 0.323 e. The fourth-order valence-electron chi connectivity index (χ4n) is 1.58. The maximum absolute atomic E-state index is 6.14. The van der Waals surface area contributed by atoms with E-state index in [9.17, 15) is 0 Å². The topological polar surface area (TPSA) is 43.8 Å². The fourth-order valence-corrected chi connectivity index (χ4v) is 2.79. The van der Waals surface area contributed by atoms with Crippen LogP contribution in [0.15, 0.2) is 41.6 Å². The summed E-state index contributed by atoms with van der Waals surface area (Å²) in [5.41, 5.74) is 7.22. The van der Waals surface area contributed by atoms with E-state index in [2.05, 4.69) is 12.0 Å².